The molecule has 0 saturated heterocycles. The van der Waals surface area contributed by atoms with Crippen molar-refractivity contribution in [1.29, 1.82) is 0 Å². The summed E-state index contributed by atoms with van der Waals surface area (Å²) < 4.78 is 4.45. The van der Waals surface area contributed by atoms with Gasteiger partial charge in [-0.1, -0.05) is 6.07 Å². The summed E-state index contributed by atoms with van der Waals surface area (Å²) in [5, 5.41) is 8.67. The van der Waals surface area contributed by atoms with E-state index < -0.39 is 17.9 Å². The van der Waals surface area contributed by atoms with Gasteiger partial charge in [-0.3, -0.25) is 4.79 Å². The number of carboxylic acids is 1. The lowest BCUT2D eigenvalue weighted by Gasteiger charge is -2.05. The fourth-order valence-corrected chi connectivity index (χ4v) is 1.73. The van der Waals surface area contributed by atoms with Crippen molar-refractivity contribution < 1.29 is 24.2 Å². The number of cyclic esters (lactones) is 2. The first-order valence-electron chi connectivity index (χ1n) is 4.61. The maximum absolute atomic E-state index is 11.3. The number of carbonyl (C=O) groups excluding carboxylic acids is 2. The number of fused-ring (bicyclic) bond motifs is 1. The van der Waals surface area contributed by atoms with Gasteiger partial charge >= 0.3 is 17.9 Å². The number of esters is 2. The van der Waals surface area contributed by atoms with E-state index in [4.69, 9.17) is 5.11 Å². The van der Waals surface area contributed by atoms with Crippen LogP contribution in [0.2, 0.25) is 0 Å². The highest BCUT2D eigenvalue weighted by Gasteiger charge is 2.32. The predicted octanol–water partition coefficient (Wildman–Crippen LogP) is 0.933. The lowest BCUT2D eigenvalue weighted by atomic mass is 9.96. The molecule has 16 heavy (non-hydrogen) atoms. The summed E-state index contributed by atoms with van der Waals surface area (Å²) in [7, 11) is 0. The van der Waals surface area contributed by atoms with Crippen LogP contribution < -0.4 is 0 Å². The van der Waals surface area contributed by atoms with Crippen LogP contribution in [-0.2, 0) is 16.0 Å². The molecule has 1 N–H and O–H groups in total. The smallest absolute Gasteiger partial charge is 0.347 e. The molecule has 0 atom stereocenters. The summed E-state index contributed by atoms with van der Waals surface area (Å²) in [5.74, 6) is -2.37. The van der Waals surface area contributed by atoms with Crippen LogP contribution in [-0.4, -0.2) is 23.0 Å². The Morgan fingerprint density at radius 3 is 2.62 bits per heavy atom. The Balaban J connectivity index is 2.56. The van der Waals surface area contributed by atoms with Gasteiger partial charge in [0.15, 0.2) is 0 Å². The second-order valence-corrected chi connectivity index (χ2v) is 3.52. The van der Waals surface area contributed by atoms with Gasteiger partial charge in [0.1, 0.15) is 0 Å². The number of ether oxygens (including phenoxy) is 1. The molecule has 2 rings (SSSR count). The molecular weight excluding hydrogens is 212 g/mol. The molecule has 0 spiro atoms. The van der Waals surface area contributed by atoms with Crippen LogP contribution in [0.15, 0.2) is 12.1 Å². The van der Waals surface area contributed by atoms with Crippen molar-refractivity contribution in [3.63, 3.8) is 0 Å². The van der Waals surface area contributed by atoms with Crippen molar-refractivity contribution in [2.75, 3.05) is 0 Å². The molecule has 0 fully saturated rings. The van der Waals surface area contributed by atoms with Gasteiger partial charge in [0.05, 0.1) is 17.5 Å². The molecule has 5 nitrogen and oxygen atoms in total. The summed E-state index contributed by atoms with van der Waals surface area (Å²) in [5.41, 5.74) is 1.40. The van der Waals surface area contributed by atoms with Gasteiger partial charge in [0.2, 0.25) is 0 Å². The highest BCUT2D eigenvalue weighted by molar-refractivity contribution is 6.15. The molecule has 82 valence electrons. The number of hydrogen-bond acceptors (Lipinski definition) is 4. The minimum atomic E-state index is -0.985. The third-order valence-corrected chi connectivity index (χ3v) is 2.53. The van der Waals surface area contributed by atoms with Gasteiger partial charge < -0.3 is 9.84 Å². The van der Waals surface area contributed by atoms with E-state index in [2.05, 4.69) is 4.74 Å². The molecule has 0 radical (unpaired) electrons. The Morgan fingerprint density at radius 1 is 1.31 bits per heavy atom. The highest BCUT2D eigenvalue weighted by atomic mass is 16.6. The van der Waals surface area contributed by atoms with Gasteiger partial charge in [-0.05, 0) is 24.1 Å². The first-order valence-corrected chi connectivity index (χ1v) is 4.61. The first-order chi connectivity index (χ1) is 7.50. The normalized spacial score (nSPS) is 13.6. The van der Waals surface area contributed by atoms with E-state index in [1.54, 1.807) is 6.92 Å². The summed E-state index contributed by atoms with van der Waals surface area (Å²) in [6.07, 6.45) is -0.180. The minimum absolute atomic E-state index is 0.180. The molecule has 0 amide bonds. The molecule has 1 aromatic carbocycles. The Labute approximate surface area is 90.6 Å². The standard InChI is InChI=1S/C11H8O5/c1-5-6(4-8(12)13)2-3-7-9(5)11(15)16-10(7)14/h2-3H,4H2,1H3,(H,12,13). The van der Waals surface area contributed by atoms with Crippen LogP contribution in [0.5, 0.6) is 0 Å². The van der Waals surface area contributed by atoms with Gasteiger partial charge in [-0.15, -0.1) is 0 Å². The topological polar surface area (TPSA) is 80.7 Å². The Bertz CT molecular complexity index is 515. The van der Waals surface area contributed by atoms with Crippen LogP contribution in [0.3, 0.4) is 0 Å². The Morgan fingerprint density at radius 2 is 2.00 bits per heavy atom. The van der Waals surface area contributed by atoms with Gasteiger partial charge in [-0.2, -0.15) is 0 Å². The van der Waals surface area contributed by atoms with E-state index in [0.29, 0.717) is 11.1 Å². The second-order valence-electron chi connectivity index (χ2n) is 3.52. The molecule has 1 aliphatic rings. The monoisotopic (exact) mass is 220 g/mol. The Hall–Kier alpha value is -2.17. The SMILES string of the molecule is Cc1c(CC(=O)O)ccc2c1C(=O)OC2=O. The predicted molar refractivity (Wildman–Crippen MR) is 52.3 cm³/mol. The molecule has 0 aromatic heterocycles. The van der Waals surface area contributed by atoms with Crippen molar-refractivity contribution in [3.8, 4) is 0 Å². The lowest BCUT2D eigenvalue weighted by Crippen LogP contribution is -2.06. The minimum Gasteiger partial charge on any atom is -0.481 e. The zero-order chi connectivity index (χ0) is 11.9. The zero-order valence-corrected chi connectivity index (χ0v) is 8.44. The average molecular weight is 220 g/mol. The number of rotatable bonds is 2. The van der Waals surface area contributed by atoms with Gasteiger partial charge in [0, 0.05) is 0 Å². The zero-order valence-electron chi connectivity index (χ0n) is 8.44. The largest absolute Gasteiger partial charge is 0.481 e. The molecule has 5 heteroatoms. The summed E-state index contributed by atoms with van der Waals surface area (Å²) in [6, 6.07) is 2.95. The number of hydrogen-bond donors (Lipinski definition) is 1. The number of aliphatic carboxylic acids is 1. The van der Waals surface area contributed by atoms with Crippen molar-refractivity contribution in [2.45, 2.75) is 13.3 Å². The van der Waals surface area contributed by atoms with Gasteiger partial charge in [-0.25, -0.2) is 9.59 Å². The summed E-state index contributed by atoms with van der Waals surface area (Å²) >= 11 is 0. The van der Waals surface area contributed by atoms with Crippen molar-refractivity contribution in [3.05, 3.63) is 34.4 Å². The molecule has 1 heterocycles. The second kappa shape index (κ2) is 3.44. The quantitative estimate of drug-likeness (QED) is 0.592. The maximum Gasteiger partial charge on any atom is 0.347 e. The molecule has 0 bridgehead atoms. The van der Waals surface area contributed by atoms with Crippen molar-refractivity contribution in [2.24, 2.45) is 0 Å². The maximum atomic E-state index is 11.3. The van der Waals surface area contributed by atoms with E-state index in [1.165, 1.54) is 12.1 Å². The number of carboxylic acid groups (broad SMARTS) is 1. The summed E-state index contributed by atoms with van der Waals surface area (Å²) in [6.45, 7) is 1.61. The van der Waals surface area contributed by atoms with Crippen LogP contribution in [0.25, 0.3) is 0 Å². The van der Waals surface area contributed by atoms with Crippen LogP contribution in [0.1, 0.15) is 31.8 Å². The number of carbonyl (C=O) groups is 3. The molecular formula is C11H8O5. The molecule has 0 saturated carbocycles. The molecule has 0 aliphatic carbocycles. The van der Waals surface area contributed by atoms with Crippen molar-refractivity contribution in [1.82, 2.24) is 0 Å². The fourth-order valence-electron chi connectivity index (χ4n) is 1.73. The average Bonchev–Trinajstić information content (AvgIpc) is 2.46. The van der Waals surface area contributed by atoms with Crippen molar-refractivity contribution >= 4 is 17.9 Å². The third-order valence-electron chi connectivity index (χ3n) is 2.53. The van der Waals surface area contributed by atoms with Gasteiger partial charge in [0.25, 0.3) is 0 Å². The van der Waals surface area contributed by atoms with E-state index in [1.807, 2.05) is 0 Å². The Kier molecular flexibility index (Phi) is 2.23. The third kappa shape index (κ3) is 1.46. The van der Waals surface area contributed by atoms with Crippen LogP contribution in [0, 0.1) is 6.92 Å². The molecule has 0 unspecified atom stereocenters. The van der Waals surface area contributed by atoms with E-state index >= 15 is 0 Å². The first kappa shape index (κ1) is 10.4. The van der Waals surface area contributed by atoms with E-state index in [-0.39, 0.29) is 17.5 Å². The molecule has 1 aromatic rings. The highest BCUT2D eigenvalue weighted by Crippen LogP contribution is 2.26. The lowest BCUT2D eigenvalue weighted by molar-refractivity contribution is -0.136. The fraction of sp³-hybridized carbons (Fsp3) is 0.182. The molecule has 1 aliphatic heterocycles. The van der Waals surface area contributed by atoms with E-state index in [9.17, 15) is 14.4 Å². The summed E-state index contributed by atoms with van der Waals surface area (Å²) in [4.78, 5) is 33.1. The van der Waals surface area contributed by atoms with E-state index in [0.717, 1.165) is 0 Å². The van der Waals surface area contributed by atoms with Crippen LogP contribution in [0.4, 0.5) is 0 Å². The van der Waals surface area contributed by atoms with Crippen LogP contribution >= 0.6 is 0 Å². The number of benzene rings is 1.